The maximum Gasteiger partial charge on any atom is 0.356 e. The molecule has 1 amide bonds. The zero-order valence-corrected chi connectivity index (χ0v) is 15.9. The molecule has 3 rings (SSSR count). The molecule has 28 heavy (non-hydrogen) atoms. The third kappa shape index (κ3) is 4.85. The molecule has 0 bridgehead atoms. The van der Waals surface area contributed by atoms with Crippen molar-refractivity contribution in [2.75, 3.05) is 6.61 Å². The van der Waals surface area contributed by atoms with Crippen molar-refractivity contribution in [3.05, 3.63) is 77.5 Å². The number of aromatic amines is 1. The van der Waals surface area contributed by atoms with Gasteiger partial charge in [-0.05, 0) is 30.5 Å². The summed E-state index contributed by atoms with van der Waals surface area (Å²) < 4.78 is 5.09. The molecule has 2 N–H and O–H groups in total. The quantitative estimate of drug-likeness (QED) is 0.615. The lowest BCUT2D eigenvalue weighted by atomic mass is 10.1. The van der Waals surface area contributed by atoms with Crippen molar-refractivity contribution in [2.45, 2.75) is 26.3 Å². The van der Waals surface area contributed by atoms with Crippen LogP contribution in [0.15, 0.2) is 60.7 Å². The van der Waals surface area contributed by atoms with Gasteiger partial charge in [-0.2, -0.15) is 5.10 Å². The Morgan fingerprint density at radius 2 is 1.82 bits per heavy atom. The smallest absolute Gasteiger partial charge is 0.356 e. The fourth-order valence-corrected chi connectivity index (χ4v) is 2.80. The Morgan fingerprint density at radius 1 is 1.11 bits per heavy atom. The molecule has 0 aliphatic carbocycles. The highest BCUT2D eigenvalue weighted by molar-refractivity contribution is 5.90. The number of H-pyrrole nitrogens is 1. The van der Waals surface area contributed by atoms with E-state index in [0.29, 0.717) is 5.69 Å². The number of hydrogen-bond donors (Lipinski definition) is 2. The molecule has 0 radical (unpaired) electrons. The average molecular weight is 377 g/mol. The Labute approximate surface area is 163 Å². The lowest BCUT2D eigenvalue weighted by molar-refractivity contribution is -0.124. The van der Waals surface area contributed by atoms with Crippen LogP contribution in [0.4, 0.5) is 0 Å². The molecule has 3 aromatic rings. The van der Waals surface area contributed by atoms with Gasteiger partial charge < -0.3 is 10.1 Å². The minimum Gasteiger partial charge on any atom is -0.451 e. The molecule has 6 heteroatoms. The van der Waals surface area contributed by atoms with E-state index in [1.165, 1.54) is 5.56 Å². The van der Waals surface area contributed by atoms with Crippen LogP contribution >= 0.6 is 0 Å². The van der Waals surface area contributed by atoms with Gasteiger partial charge in [-0.3, -0.25) is 9.89 Å². The first-order valence-electron chi connectivity index (χ1n) is 9.23. The van der Waals surface area contributed by atoms with Gasteiger partial charge in [0.15, 0.2) is 6.61 Å². The number of carbonyl (C=O) groups is 2. The molecule has 6 nitrogen and oxygen atoms in total. The Morgan fingerprint density at radius 3 is 2.50 bits per heavy atom. The van der Waals surface area contributed by atoms with E-state index < -0.39 is 5.97 Å². The molecule has 0 fully saturated rings. The molecule has 0 unspecified atom stereocenters. The monoisotopic (exact) mass is 377 g/mol. The van der Waals surface area contributed by atoms with Crippen molar-refractivity contribution < 1.29 is 14.3 Å². The molecule has 1 aromatic heterocycles. The van der Waals surface area contributed by atoms with E-state index in [1.807, 2.05) is 61.5 Å². The summed E-state index contributed by atoms with van der Waals surface area (Å²) in [6.07, 6.45) is 0.969. The molecule has 1 atom stereocenters. The first-order valence-corrected chi connectivity index (χ1v) is 9.23. The van der Waals surface area contributed by atoms with Crippen molar-refractivity contribution in [2.24, 2.45) is 0 Å². The fraction of sp³-hybridized carbons (Fsp3) is 0.227. The van der Waals surface area contributed by atoms with E-state index in [1.54, 1.807) is 6.07 Å². The second kappa shape index (κ2) is 8.99. The molecule has 0 saturated heterocycles. The Kier molecular flexibility index (Phi) is 6.22. The highest BCUT2D eigenvalue weighted by Gasteiger charge is 2.15. The maximum absolute atomic E-state index is 12.1. The summed E-state index contributed by atoms with van der Waals surface area (Å²) in [7, 11) is 0. The van der Waals surface area contributed by atoms with Crippen molar-refractivity contribution in [3.63, 3.8) is 0 Å². The minimum atomic E-state index is -0.621. The molecular formula is C22H23N3O3. The molecule has 0 saturated carbocycles. The predicted molar refractivity (Wildman–Crippen MR) is 107 cm³/mol. The lowest BCUT2D eigenvalue weighted by Gasteiger charge is -2.14. The summed E-state index contributed by atoms with van der Waals surface area (Å²) in [5.41, 5.74) is 3.97. The summed E-state index contributed by atoms with van der Waals surface area (Å²) in [4.78, 5) is 24.2. The van der Waals surface area contributed by atoms with Crippen molar-refractivity contribution in [3.8, 4) is 11.3 Å². The number of ether oxygens (including phenoxy) is 1. The maximum atomic E-state index is 12.1. The molecular weight excluding hydrogens is 354 g/mol. The topological polar surface area (TPSA) is 84.1 Å². The minimum absolute atomic E-state index is 0.172. The SMILES string of the molecule is CCc1ccc([C@H](C)NC(=O)COC(=O)c2cc(-c3ccccc3)n[nH]2)cc1. The van der Waals surface area contributed by atoms with E-state index >= 15 is 0 Å². The number of esters is 1. The molecule has 0 aliphatic heterocycles. The first kappa shape index (κ1) is 19.4. The summed E-state index contributed by atoms with van der Waals surface area (Å²) in [6, 6.07) is 19.0. The number of benzene rings is 2. The second-order valence-corrected chi connectivity index (χ2v) is 6.49. The van der Waals surface area contributed by atoms with E-state index in [0.717, 1.165) is 17.5 Å². The third-order valence-electron chi connectivity index (χ3n) is 4.47. The highest BCUT2D eigenvalue weighted by atomic mass is 16.5. The van der Waals surface area contributed by atoms with Crippen LogP contribution in [0.1, 0.15) is 41.5 Å². The number of hydrogen-bond acceptors (Lipinski definition) is 4. The van der Waals surface area contributed by atoms with Gasteiger partial charge in [-0.15, -0.1) is 0 Å². The Hall–Kier alpha value is -3.41. The van der Waals surface area contributed by atoms with Gasteiger partial charge in [-0.1, -0.05) is 61.5 Å². The number of aryl methyl sites for hydroxylation is 1. The number of nitrogens with one attached hydrogen (secondary N) is 2. The van der Waals surface area contributed by atoms with Gasteiger partial charge in [0.25, 0.3) is 5.91 Å². The summed E-state index contributed by atoms with van der Waals surface area (Å²) >= 11 is 0. The van der Waals surface area contributed by atoms with Gasteiger partial charge in [0, 0.05) is 5.56 Å². The van der Waals surface area contributed by atoms with Crippen LogP contribution in [0, 0.1) is 0 Å². The Balaban J connectivity index is 1.51. The highest BCUT2D eigenvalue weighted by Crippen LogP contribution is 2.17. The van der Waals surface area contributed by atoms with Crippen molar-refractivity contribution in [1.29, 1.82) is 0 Å². The number of carbonyl (C=O) groups excluding carboxylic acids is 2. The molecule has 0 aliphatic rings. The van der Waals surface area contributed by atoms with Crippen LogP contribution in [0.3, 0.4) is 0 Å². The van der Waals surface area contributed by atoms with E-state index in [4.69, 9.17) is 4.74 Å². The van der Waals surface area contributed by atoms with Crippen LogP contribution in [0.2, 0.25) is 0 Å². The van der Waals surface area contributed by atoms with Crippen molar-refractivity contribution in [1.82, 2.24) is 15.5 Å². The van der Waals surface area contributed by atoms with E-state index in [-0.39, 0.29) is 24.2 Å². The van der Waals surface area contributed by atoms with Crippen molar-refractivity contribution >= 4 is 11.9 Å². The largest absolute Gasteiger partial charge is 0.451 e. The van der Waals surface area contributed by atoms with Crippen LogP contribution < -0.4 is 5.32 Å². The average Bonchev–Trinajstić information content (AvgIpc) is 3.23. The van der Waals surface area contributed by atoms with Gasteiger partial charge in [0.05, 0.1) is 11.7 Å². The lowest BCUT2D eigenvalue weighted by Crippen LogP contribution is -2.31. The second-order valence-electron chi connectivity index (χ2n) is 6.49. The van der Waals surface area contributed by atoms with E-state index in [2.05, 4.69) is 22.4 Å². The number of nitrogens with zero attached hydrogens (tertiary/aromatic N) is 1. The van der Waals surface area contributed by atoms with E-state index in [9.17, 15) is 9.59 Å². The van der Waals surface area contributed by atoms with Crippen LogP contribution in [0.25, 0.3) is 11.3 Å². The third-order valence-corrected chi connectivity index (χ3v) is 4.47. The summed E-state index contributed by atoms with van der Waals surface area (Å²) in [5.74, 6) is -0.979. The van der Waals surface area contributed by atoms with Crippen LogP contribution in [-0.4, -0.2) is 28.7 Å². The van der Waals surface area contributed by atoms with Gasteiger partial charge in [0.2, 0.25) is 0 Å². The normalized spacial score (nSPS) is 11.6. The van der Waals surface area contributed by atoms with Gasteiger partial charge in [0.1, 0.15) is 5.69 Å². The number of amides is 1. The molecule has 0 spiro atoms. The van der Waals surface area contributed by atoms with Gasteiger partial charge in [-0.25, -0.2) is 4.79 Å². The number of rotatable bonds is 7. The standard InChI is InChI=1S/C22H23N3O3/c1-3-16-9-11-17(12-10-16)15(2)23-21(26)14-28-22(27)20-13-19(24-25-20)18-7-5-4-6-8-18/h4-13,15H,3,14H2,1-2H3,(H,23,26)(H,24,25)/t15-/m0/s1. The summed E-state index contributed by atoms with van der Waals surface area (Å²) in [6.45, 7) is 3.63. The van der Waals surface area contributed by atoms with Crippen LogP contribution in [-0.2, 0) is 16.0 Å². The zero-order valence-electron chi connectivity index (χ0n) is 15.9. The predicted octanol–water partition coefficient (Wildman–Crippen LogP) is 3.67. The number of aromatic nitrogens is 2. The molecule has 144 valence electrons. The summed E-state index contributed by atoms with van der Waals surface area (Å²) in [5, 5.41) is 9.59. The fourth-order valence-electron chi connectivity index (χ4n) is 2.80. The first-order chi connectivity index (χ1) is 13.6. The Bertz CT molecular complexity index is 933. The zero-order chi connectivity index (χ0) is 19.9. The van der Waals surface area contributed by atoms with Gasteiger partial charge >= 0.3 is 5.97 Å². The molecule has 1 heterocycles. The molecule has 2 aromatic carbocycles. The van der Waals surface area contributed by atoms with Crippen LogP contribution in [0.5, 0.6) is 0 Å².